The number of anilines is 3. The van der Waals surface area contributed by atoms with E-state index in [1.54, 1.807) is 4.90 Å². The van der Waals surface area contributed by atoms with Crippen LogP contribution in [-0.4, -0.2) is 116 Å². The van der Waals surface area contributed by atoms with Gasteiger partial charge in [0.25, 0.3) is 0 Å². The van der Waals surface area contributed by atoms with Crippen molar-refractivity contribution in [3.05, 3.63) is 23.0 Å². The van der Waals surface area contributed by atoms with E-state index in [2.05, 4.69) is 35.4 Å². The van der Waals surface area contributed by atoms with Crippen molar-refractivity contribution in [3.8, 4) is 0 Å². The number of aryl methyl sites for hydroxylation is 1. The Morgan fingerprint density at radius 1 is 1.15 bits per heavy atom. The van der Waals surface area contributed by atoms with Crippen LogP contribution in [0.15, 0.2) is 12.3 Å². The number of aromatic nitrogens is 3. The summed E-state index contributed by atoms with van der Waals surface area (Å²) in [5, 5.41) is 6.90. The maximum atomic E-state index is 12.8. The third-order valence-corrected chi connectivity index (χ3v) is 8.02. The summed E-state index contributed by atoms with van der Waals surface area (Å²) in [6.45, 7) is 8.62. The Morgan fingerprint density at radius 3 is 2.67 bits per heavy atom. The van der Waals surface area contributed by atoms with E-state index in [0.717, 1.165) is 51.1 Å². The second-order valence-electron chi connectivity index (χ2n) is 10.1. The molecule has 1 saturated carbocycles. The Kier molecular flexibility index (Phi) is 11.9. The van der Waals surface area contributed by atoms with E-state index in [1.807, 2.05) is 20.0 Å². The van der Waals surface area contributed by atoms with Crippen molar-refractivity contribution in [2.45, 2.75) is 45.1 Å². The van der Waals surface area contributed by atoms with Crippen LogP contribution in [-0.2, 0) is 9.47 Å². The van der Waals surface area contributed by atoms with Gasteiger partial charge in [0.15, 0.2) is 11.4 Å². The molecule has 1 saturated heterocycles. The number of aldehydes is 1. The van der Waals surface area contributed by atoms with Gasteiger partial charge in [-0.25, -0.2) is 19.7 Å². The van der Waals surface area contributed by atoms with E-state index in [-0.39, 0.29) is 6.09 Å². The van der Waals surface area contributed by atoms with Crippen LogP contribution in [0.1, 0.15) is 47.6 Å². The van der Waals surface area contributed by atoms with E-state index in [4.69, 9.17) is 9.47 Å². The summed E-state index contributed by atoms with van der Waals surface area (Å²) < 4.78 is 11.7. The first kappa shape index (κ1) is 30.1. The van der Waals surface area contributed by atoms with Crippen LogP contribution in [0.2, 0.25) is 0 Å². The van der Waals surface area contributed by atoms with Gasteiger partial charge in [0.2, 0.25) is 0 Å². The minimum atomic E-state index is -0.280. The largest absolute Gasteiger partial charge is 0.448 e. The first-order valence-corrected chi connectivity index (χ1v) is 15.0. The molecule has 4 rings (SSSR count). The number of nitrogens with zero attached hydrogens (tertiary/aromatic N) is 6. The standard InChI is InChI=1S/C27H42N8O4S/c1-21-30-24(32-26-29-19-23(20-36)40-26)18-25(31-21)34-12-10-33(11-13-34)14-16-39-27(37)35(9-8-28-2)15-17-38-22-6-4-3-5-7-22/h18-20,22,28H,3-17H2,1-2H3,(H,29,30,31,32). The fourth-order valence-corrected chi connectivity index (χ4v) is 5.58. The Morgan fingerprint density at radius 2 is 1.95 bits per heavy atom. The van der Waals surface area contributed by atoms with Crippen LogP contribution in [0.5, 0.6) is 0 Å². The Bertz CT molecular complexity index is 1070. The third-order valence-electron chi connectivity index (χ3n) is 7.19. The number of thiazole rings is 1. The topological polar surface area (TPSA) is 125 Å². The Balaban J connectivity index is 1.19. The fourth-order valence-electron chi connectivity index (χ4n) is 4.94. The van der Waals surface area contributed by atoms with Crippen LogP contribution < -0.4 is 15.5 Å². The minimum Gasteiger partial charge on any atom is -0.448 e. The zero-order chi connectivity index (χ0) is 28.2. The predicted octanol–water partition coefficient (Wildman–Crippen LogP) is 2.93. The summed E-state index contributed by atoms with van der Waals surface area (Å²) in [4.78, 5) is 43.8. The first-order chi connectivity index (χ1) is 19.5. The molecule has 0 aromatic carbocycles. The number of nitrogens with one attached hydrogen (secondary N) is 2. The van der Waals surface area contributed by atoms with Gasteiger partial charge in [-0.15, -0.1) is 0 Å². The molecule has 13 heteroatoms. The molecule has 12 nitrogen and oxygen atoms in total. The Labute approximate surface area is 240 Å². The number of rotatable bonds is 14. The molecule has 0 unspecified atom stereocenters. The van der Waals surface area contributed by atoms with Crippen LogP contribution in [0.25, 0.3) is 0 Å². The minimum absolute atomic E-state index is 0.280. The number of likely N-dealkylation sites (N-methyl/N-ethyl adjacent to an activating group) is 1. The molecule has 40 heavy (non-hydrogen) atoms. The van der Waals surface area contributed by atoms with Gasteiger partial charge in [0, 0.05) is 58.4 Å². The number of carbonyl (C=O) groups excluding carboxylic acids is 2. The lowest BCUT2D eigenvalue weighted by Gasteiger charge is -2.35. The summed E-state index contributed by atoms with van der Waals surface area (Å²) in [6, 6.07) is 1.91. The average Bonchev–Trinajstić information content (AvgIpc) is 3.43. The quantitative estimate of drug-likeness (QED) is 0.324. The number of ether oxygens (including phenoxy) is 2. The van der Waals surface area contributed by atoms with E-state index in [9.17, 15) is 9.59 Å². The van der Waals surface area contributed by atoms with Crippen LogP contribution in [0.3, 0.4) is 0 Å². The second-order valence-corrected chi connectivity index (χ2v) is 11.2. The number of hydrogen-bond acceptors (Lipinski definition) is 12. The molecule has 1 aliphatic heterocycles. The fraction of sp³-hybridized carbons (Fsp3) is 0.667. The van der Waals surface area contributed by atoms with Crippen LogP contribution in [0.4, 0.5) is 21.6 Å². The SMILES string of the molecule is CNCCN(CCOC1CCCCC1)C(=O)OCCN1CCN(c2cc(Nc3ncc(C=O)s3)nc(C)n2)CC1. The van der Waals surface area contributed by atoms with Crippen molar-refractivity contribution in [3.63, 3.8) is 0 Å². The van der Waals surface area contributed by atoms with Gasteiger partial charge < -0.3 is 29.9 Å². The molecule has 2 fully saturated rings. The summed E-state index contributed by atoms with van der Waals surface area (Å²) in [5.41, 5.74) is 0. The van der Waals surface area contributed by atoms with Crippen molar-refractivity contribution < 1.29 is 19.1 Å². The average molecular weight is 575 g/mol. The number of hydrogen-bond donors (Lipinski definition) is 2. The van der Waals surface area contributed by atoms with Crippen molar-refractivity contribution in [1.82, 2.24) is 30.1 Å². The summed E-state index contributed by atoms with van der Waals surface area (Å²) in [6.07, 6.45) is 8.39. The highest BCUT2D eigenvalue weighted by atomic mass is 32.1. The number of carbonyl (C=O) groups is 2. The zero-order valence-electron chi connectivity index (χ0n) is 23.6. The zero-order valence-corrected chi connectivity index (χ0v) is 24.5. The van der Waals surface area contributed by atoms with Crippen molar-refractivity contribution >= 4 is 40.5 Å². The van der Waals surface area contributed by atoms with Gasteiger partial charge in [-0.1, -0.05) is 30.6 Å². The highest BCUT2D eigenvalue weighted by Crippen LogP contribution is 2.24. The van der Waals surface area contributed by atoms with Gasteiger partial charge in [0.05, 0.1) is 23.8 Å². The van der Waals surface area contributed by atoms with Gasteiger partial charge in [-0.05, 0) is 26.8 Å². The molecule has 0 atom stereocenters. The molecule has 0 spiro atoms. The summed E-state index contributed by atoms with van der Waals surface area (Å²) in [7, 11) is 1.88. The second kappa shape index (κ2) is 15.8. The van der Waals surface area contributed by atoms with Crippen molar-refractivity contribution in [2.24, 2.45) is 0 Å². The van der Waals surface area contributed by atoms with Crippen LogP contribution in [0, 0.1) is 6.92 Å². The molecule has 2 aliphatic rings. The van der Waals surface area contributed by atoms with E-state index < -0.39 is 0 Å². The van der Waals surface area contributed by atoms with E-state index >= 15 is 0 Å². The molecular formula is C27H42N8O4S. The molecule has 3 heterocycles. The van der Waals surface area contributed by atoms with Crippen molar-refractivity contribution in [1.29, 1.82) is 0 Å². The molecule has 0 radical (unpaired) electrons. The van der Waals surface area contributed by atoms with E-state index in [1.165, 1.54) is 36.8 Å². The Hall–Kier alpha value is -2.87. The van der Waals surface area contributed by atoms with Gasteiger partial charge in [-0.2, -0.15) is 0 Å². The maximum Gasteiger partial charge on any atom is 0.409 e. The predicted molar refractivity (Wildman–Crippen MR) is 156 cm³/mol. The number of piperazine rings is 1. The molecule has 2 N–H and O–H groups in total. The lowest BCUT2D eigenvalue weighted by molar-refractivity contribution is 0.0137. The van der Waals surface area contributed by atoms with E-state index in [0.29, 0.717) is 67.1 Å². The first-order valence-electron chi connectivity index (χ1n) is 14.2. The smallest absolute Gasteiger partial charge is 0.409 e. The molecule has 220 valence electrons. The molecular weight excluding hydrogens is 532 g/mol. The highest BCUT2D eigenvalue weighted by Gasteiger charge is 2.21. The van der Waals surface area contributed by atoms with Gasteiger partial charge in [0.1, 0.15) is 24.1 Å². The lowest BCUT2D eigenvalue weighted by Crippen LogP contribution is -2.48. The lowest BCUT2D eigenvalue weighted by atomic mass is 9.98. The van der Waals surface area contributed by atoms with Crippen molar-refractivity contribution in [2.75, 3.05) is 82.8 Å². The maximum absolute atomic E-state index is 12.8. The molecule has 2 aromatic heterocycles. The molecule has 1 amide bonds. The number of amides is 1. The summed E-state index contributed by atoms with van der Waals surface area (Å²) in [5.74, 6) is 2.16. The molecule has 0 bridgehead atoms. The monoisotopic (exact) mass is 574 g/mol. The van der Waals surface area contributed by atoms with Gasteiger partial charge in [-0.3, -0.25) is 9.69 Å². The molecule has 2 aromatic rings. The molecule has 1 aliphatic carbocycles. The van der Waals surface area contributed by atoms with Crippen LogP contribution >= 0.6 is 11.3 Å². The third kappa shape index (κ3) is 9.36. The summed E-state index contributed by atoms with van der Waals surface area (Å²) >= 11 is 1.28. The van der Waals surface area contributed by atoms with Gasteiger partial charge >= 0.3 is 6.09 Å². The highest BCUT2D eigenvalue weighted by molar-refractivity contribution is 7.17. The normalized spacial score (nSPS) is 16.6.